The maximum absolute atomic E-state index is 12.6. The van der Waals surface area contributed by atoms with Gasteiger partial charge in [0.05, 0.1) is 17.8 Å². The van der Waals surface area contributed by atoms with Gasteiger partial charge in [0.15, 0.2) is 5.82 Å². The molecule has 1 fully saturated rings. The SMILES string of the molecule is CN(Cc1noc(C2CC2)n1)C(=O)c1ccc(-c2ncccc2C#N)cc1. The number of benzene rings is 1. The number of nitriles is 1. The minimum Gasteiger partial charge on any atom is -0.339 e. The van der Waals surface area contributed by atoms with Crippen molar-refractivity contribution in [3.63, 3.8) is 0 Å². The third-order valence-electron chi connectivity index (χ3n) is 4.47. The molecule has 2 aromatic heterocycles. The summed E-state index contributed by atoms with van der Waals surface area (Å²) in [6.07, 6.45) is 3.82. The zero-order chi connectivity index (χ0) is 18.8. The van der Waals surface area contributed by atoms with E-state index in [4.69, 9.17) is 4.52 Å². The standard InChI is InChI=1S/C20H17N5O2/c1-25(12-17-23-19(27-24-17)14-6-7-14)20(26)15-8-4-13(5-9-15)18-16(11-21)3-2-10-22-18/h2-5,8-10,14H,6-7,12H2,1H3. The molecule has 1 saturated carbocycles. The highest BCUT2D eigenvalue weighted by Gasteiger charge is 2.29. The molecule has 1 aromatic carbocycles. The van der Waals surface area contributed by atoms with Crippen LogP contribution in [0.5, 0.6) is 0 Å². The summed E-state index contributed by atoms with van der Waals surface area (Å²) in [6.45, 7) is 0.287. The number of carbonyl (C=O) groups is 1. The summed E-state index contributed by atoms with van der Waals surface area (Å²) in [7, 11) is 1.70. The third kappa shape index (κ3) is 3.55. The van der Waals surface area contributed by atoms with Crippen LogP contribution in [-0.4, -0.2) is 33.0 Å². The minimum atomic E-state index is -0.138. The van der Waals surface area contributed by atoms with Crippen LogP contribution in [0.15, 0.2) is 47.1 Å². The van der Waals surface area contributed by atoms with Gasteiger partial charge in [0.1, 0.15) is 6.07 Å². The lowest BCUT2D eigenvalue weighted by Gasteiger charge is -2.15. The topological polar surface area (TPSA) is 95.9 Å². The summed E-state index contributed by atoms with van der Waals surface area (Å²) >= 11 is 0. The van der Waals surface area contributed by atoms with E-state index >= 15 is 0 Å². The van der Waals surface area contributed by atoms with Crippen molar-refractivity contribution in [2.45, 2.75) is 25.3 Å². The Labute approximate surface area is 156 Å². The Morgan fingerprint density at radius 3 is 2.78 bits per heavy atom. The number of rotatable bonds is 5. The summed E-state index contributed by atoms with van der Waals surface area (Å²) in [5.74, 6) is 1.43. The fourth-order valence-corrected chi connectivity index (χ4v) is 2.83. The van der Waals surface area contributed by atoms with E-state index in [0.29, 0.717) is 34.5 Å². The Morgan fingerprint density at radius 2 is 2.07 bits per heavy atom. The van der Waals surface area contributed by atoms with Crippen molar-refractivity contribution in [1.82, 2.24) is 20.0 Å². The lowest BCUT2D eigenvalue weighted by Crippen LogP contribution is -2.26. The van der Waals surface area contributed by atoms with Gasteiger partial charge in [-0.25, -0.2) is 0 Å². The number of aromatic nitrogens is 3. The van der Waals surface area contributed by atoms with Gasteiger partial charge in [-0.2, -0.15) is 10.2 Å². The molecule has 7 heteroatoms. The quantitative estimate of drug-likeness (QED) is 0.694. The van der Waals surface area contributed by atoms with E-state index in [9.17, 15) is 10.1 Å². The van der Waals surface area contributed by atoms with Crippen LogP contribution in [0.3, 0.4) is 0 Å². The Bertz CT molecular complexity index is 1020. The average Bonchev–Trinajstić information content (AvgIpc) is 3.46. The van der Waals surface area contributed by atoms with Gasteiger partial charge in [-0.15, -0.1) is 0 Å². The number of hydrogen-bond donors (Lipinski definition) is 0. The van der Waals surface area contributed by atoms with Crippen LogP contribution >= 0.6 is 0 Å². The van der Waals surface area contributed by atoms with Crippen molar-refractivity contribution < 1.29 is 9.32 Å². The van der Waals surface area contributed by atoms with Crippen LogP contribution in [0.4, 0.5) is 0 Å². The third-order valence-corrected chi connectivity index (χ3v) is 4.47. The van der Waals surface area contributed by atoms with E-state index in [1.165, 1.54) is 0 Å². The van der Waals surface area contributed by atoms with Crippen LogP contribution in [0.25, 0.3) is 11.3 Å². The van der Waals surface area contributed by atoms with Crippen LogP contribution in [-0.2, 0) is 6.54 Å². The zero-order valence-corrected chi connectivity index (χ0v) is 14.8. The van der Waals surface area contributed by atoms with Gasteiger partial charge in [-0.1, -0.05) is 17.3 Å². The second-order valence-corrected chi connectivity index (χ2v) is 6.57. The molecule has 27 heavy (non-hydrogen) atoms. The Balaban J connectivity index is 1.47. The maximum atomic E-state index is 12.6. The Hall–Kier alpha value is -3.53. The molecule has 1 aliphatic rings. The molecule has 3 aromatic rings. The highest BCUT2D eigenvalue weighted by atomic mass is 16.5. The van der Waals surface area contributed by atoms with Crippen LogP contribution in [0.2, 0.25) is 0 Å². The van der Waals surface area contributed by atoms with Gasteiger partial charge < -0.3 is 9.42 Å². The van der Waals surface area contributed by atoms with E-state index in [0.717, 1.165) is 18.4 Å². The normalized spacial score (nSPS) is 13.2. The number of amides is 1. The first-order valence-electron chi connectivity index (χ1n) is 8.69. The number of nitrogens with zero attached hydrogens (tertiary/aromatic N) is 5. The predicted molar refractivity (Wildman–Crippen MR) is 96.5 cm³/mol. The van der Waals surface area contributed by atoms with Gasteiger partial charge in [-0.3, -0.25) is 9.78 Å². The minimum absolute atomic E-state index is 0.138. The summed E-state index contributed by atoms with van der Waals surface area (Å²) in [4.78, 5) is 22.8. The first-order valence-corrected chi connectivity index (χ1v) is 8.69. The molecule has 0 N–H and O–H groups in total. The van der Waals surface area contributed by atoms with E-state index < -0.39 is 0 Å². The molecule has 1 amide bonds. The van der Waals surface area contributed by atoms with E-state index in [2.05, 4.69) is 21.2 Å². The molecule has 7 nitrogen and oxygen atoms in total. The highest BCUT2D eigenvalue weighted by molar-refractivity contribution is 5.94. The van der Waals surface area contributed by atoms with Gasteiger partial charge in [-0.05, 0) is 37.1 Å². The van der Waals surface area contributed by atoms with Crippen molar-refractivity contribution in [2.75, 3.05) is 7.05 Å². The lowest BCUT2D eigenvalue weighted by molar-refractivity contribution is 0.0780. The van der Waals surface area contributed by atoms with E-state index in [-0.39, 0.29) is 12.5 Å². The van der Waals surface area contributed by atoms with Crippen LogP contribution in [0, 0.1) is 11.3 Å². The number of pyridine rings is 1. The second-order valence-electron chi connectivity index (χ2n) is 6.57. The molecular formula is C20H17N5O2. The first kappa shape index (κ1) is 16.9. The number of hydrogen-bond acceptors (Lipinski definition) is 6. The fraction of sp³-hybridized carbons (Fsp3) is 0.250. The fourth-order valence-electron chi connectivity index (χ4n) is 2.83. The number of carbonyl (C=O) groups excluding carboxylic acids is 1. The molecular weight excluding hydrogens is 342 g/mol. The van der Waals surface area contributed by atoms with Crippen molar-refractivity contribution >= 4 is 5.91 Å². The molecule has 0 aliphatic heterocycles. The monoisotopic (exact) mass is 359 g/mol. The first-order chi connectivity index (χ1) is 13.2. The molecule has 2 heterocycles. The van der Waals surface area contributed by atoms with Crippen LogP contribution < -0.4 is 0 Å². The molecule has 1 aliphatic carbocycles. The molecule has 0 spiro atoms. The van der Waals surface area contributed by atoms with Gasteiger partial charge >= 0.3 is 0 Å². The van der Waals surface area contributed by atoms with Crippen molar-refractivity contribution in [2.24, 2.45) is 0 Å². The maximum Gasteiger partial charge on any atom is 0.254 e. The highest BCUT2D eigenvalue weighted by Crippen LogP contribution is 2.38. The molecule has 0 atom stereocenters. The van der Waals surface area contributed by atoms with Crippen molar-refractivity contribution in [3.8, 4) is 17.3 Å². The predicted octanol–water partition coefficient (Wildman–Crippen LogP) is 3.15. The largest absolute Gasteiger partial charge is 0.339 e. The average molecular weight is 359 g/mol. The summed E-state index contributed by atoms with van der Waals surface area (Å²) in [5, 5.41) is 13.2. The van der Waals surface area contributed by atoms with Gasteiger partial charge in [0, 0.05) is 30.3 Å². The summed E-state index contributed by atoms with van der Waals surface area (Å²) in [6, 6.07) is 12.6. The van der Waals surface area contributed by atoms with Gasteiger partial charge in [0.2, 0.25) is 5.89 Å². The molecule has 0 unspecified atom stereocenters. The molecule has 0 saturated heterocycles. The summed E-state index contributed by atoms with van der Waals surface area (Å²) in [5.41, 5.74) is 2.43. The molecule has 134 valence electrons. The molecule has 4 rings (SSSR count). The zero-order valence-electron chi connectivity index (χ0n) is 14.8. The smallest absolute Gasteiger partial charge is 0.254 e. The molecule has 0 radical (unpaired) electrons. The summed E-state index contributed by atoms with van der Waals surface area (Å²) < 4.78 is 5.23. The second kappa shape index (κ2) is 7.00. The van der Waals surface area contributed by atoms with Gasteiger partial charge in [0.25, 0.3) is 5.91 Å². The van der Waals surface area contributed by atoms with E-state index in [1.807, 2.05) is 0 Å². The van der Waals surface area contributed by atoms with Crippen molar-refractivity contribution in [3.05, 3.63) is 65.4 Å². The molecule has 0 bridgehead atoms. The lowest BCUT2D eigenvalue weighted by atomic mass is 10.0. The van der Waals surface area contributed by atoms with Crippen LogP contribution in [0.1, 0.15) is 46.4 Å². The Morgan fingerprint density at radius 1 is 1.30 bits per heavy atom. The Kier molecular flexibility index (Phi) is 4.38. The van der Waals surface area contributed by atoms with Crippen molar-refractivity contribution in [1.29, 1.82) is 5.26 Å². The van der Waals surface area contributed by atoms with E-state index in [1.54, 1.807) is 54.5 Å².